The Bertz CT molecular complexity index is 1620. The van der Waals surface area contributed by atoms with Gasteiger partial charge < -0.3 is 25.6 Å². The normalized spacial score (nSPS) is 24.6. The van der Waals surface area contributed by atoms with Crippen molar-refractivity contribution in [2.75, 3.05) is 13.2 Å². The third-order valence-corrected chi connectivity index (χ3v) is 9.84. The second kappa shape index (κ2) is 16.8. The molecule has 280 valence electrons. The molecule has 4 rings (SSSR count). The summed E-state index contributed by atoms with van der Waals surface area (Å²) in [5.41, 5.74) is 2.97. The number of carbonyl (C=O) groups is 4. The Morgan fingerprint density at radius 2 is 1.75 bits per heavy atom. The van der Waals surface area contributed by atoms with Gasteiger partial charge >= 0.3 is 5.97 Å². The molecule has 1 aliphatic carbocycles. The number of hydrogen-bond acceptors (Lipinski definition) is 9. The molecule has 12 nitrogen and oxygen atoms in total. The minimum atomic E-state index is -1.77. The quantitative estimate of drug-likeness (QED) is 0.161. The minimum Gasteiger partial charge on any atom is -0.460 e. The van der Waals surface area contributed by atoms with Gasteiger partial charge in [0.05, 0.1) is 28.3 Å². The number of amides is 3. The number of alkyl halides is 3. The molecule has 1 aromatic carbocycles. The molecule has 1 saturated carbocycles. The summed E-state index contributed by atoms with van der Waals surface area (Å²) in [5, 5.41) is 28.6. The lowest BCUT2D eigenvalue weighted by Crippen LogP contribution is -2.61. The number of hydrazine groups is 1. The SMILES string of the molecule is CC(C)[C@H](NC(=O)C1(/C=C/c2ccc3ccc([C@@H](C)O)nc3c2)CCC(C)(O)CC1)C(=O)N[C@@H](C)C(=O)N1CCC[C@@H](C(=O)OCC(Cl)(Cl)Cl)N1. The summed E-state index contributed by atoms with van der Waals surface area (Å²) < 4.78 is 3.29. The predicted molar refractivity (Wildman–Crippen MR) is 196 cm³/mol. The average molecular weight is 769 g/mol. The van der Waals surface area contributed by atoms with Crippen molar-refractivity contribution >= 4 is 75.5 Å². The van der Waals surface area contributed by atoms with Gasteiger partial charge in [-0.1, -0.05) is 79.0 Å². The van der Waals surface area contributed by atoms with Crippen molar-refractivity contribution in [2.24, 2.45) is 11.3 Å². The number of aliphatic hydroxyl groups excluding tert-OH is 1. The van der Waals surface area contributed by atoms with Crippen molar-refractivity contribution in [3.05, 3.63) is 47.7 Å². The fraction of sp³-hybridized carbons (Fsp3) is 0.583. The van der Waals surface area contributed by atoms with Crippen LogP contribution < -0.4 is 16.1 Å². The van der Waals surface area contributed by atoms with Gasteiger partial charge in [-0.3, -0.25) is 29.2 Å². The van der Waals surface area contributed by atoms with Crippen LogP contribution in [0.5, 0.6) is 0 Å². The fourth-order valence-corrected chi connectivity index (χ4v) is 6.40. The van der Waals surface area contributed by atoms with Crippen molar-refractivity contribution < 1.29 is 34.1 Å². The Morgan fingerprint density at radius 1 is 1.08 bits per heavy atom. The minimum absolute atomic E-state index is 0.297. The number of nitrogens with zero attached hydrogens (tertiary/aromatic N) is 2. The molecule has 3 amide bonds. The van der Waals surface area contributed by atoms with Crippen LogP contribution in [0.2, 0.25) is 0 Å². The lowest BCUT2D eigenvalue weighted by Gasteiger charge is -2.41. The number of carbonyl (C=O) groups excluding carboxylic acids is 4. The molecule has 1 aliphatic heterocycles. The number of benzene rings is 1. The molecule has 0 spiro atoms. The summed E-state index contributed by atoms with van der Waals surface area (Å²) in [4.78, 5) is 58.2. The number of nitrogens with one attached hydrogen (secondary N) is 3. The van der Waals surface area contributed by atoms with E-state index in [1.165, 1.54) is 11.9 Å². The number of aromatic nitrogens is 1. The maximum atomic E-state index is 14.2. The lowest BCUT2D eigenvalue weighted by atomic mass is 9.68. The number of halogens is 3. The van der Waals surface area contributed by atoms with Crippen molar-refractivity contribution in [1.29, 1.82) is 0 Å². The van der Waals surface area contributed by atoms with Crippen LogP contribution in [0.25, 0.3) is 17.0 Å². The van der Waals surface area contributed by atoms with Crippen LogP contribution in [0.4, 0.5) is 0 Å². The number of fused-ring (bicyclic) bond motifs is 1. The molecule has 2 aliphatic rings. The molecule has 2 aromatic rings. The largest absolute Gasteiger partial charge is 0.460 e. The van der Waals surface area contributed by atoms with E-state index < -0.39 is 63.4 Å². The average Bonchev–Trinajstić information content (AvgIpc) is 3.07. The van der Waals surface area contributed by atoms with Crippen LogP contribution in [0.3, 0.4) is 0 Å². The number of ether oxygens (including phenoxy) is 1. The van der Waals surface area contributed by atoms with E-state index in [2.05, 4.69) is 21.0 Å². The van der Waals surface area contributed by atoms with E-state index in [0.717, 1.165) is 10.9 Å². The molecule has 0 radical (unpaired) electrons. The lowest BCUT2D eigenvalue weighted by molar-refractivity contribution is -0.152. The van der Waals surface area contributed by atoms with Gasteiger partial charge in [0, 0.05) is 11.9 Å². The molecule has 1 aromatic heterocycles. The van der Waals surface area contributed by atoms with E-state index in [4.69, 9.17) is 39.5 Å². The Kier molecular flexibility index (Phi) is 13.4. The summed E-state index contributed by atoms with van der Waals surface area (Å²) in [6, 6.07) is 6.61. The van der Waals surface area contributed by atoms with Crippen LogP contribution in [-0.2, 0) is 23.9 Å². The summed E-state index contributed by atoms with van der Waals surface area (Å²) in [7, 11) is 0. The number of hydrogen-bond donors (Lipinski definition) is 5. The van der Waals surface area contributed by atoms with Crippen LogP contribution in [0, 0.1) is 11.3 Å². The highest BCUT2D eigenvalue weighted by Gasteiger charge is 2.44. The molecule has 0 unspecified atom stereocenters. The number of pyridine rings is 1. The van der Waals surface area contributed by atoms with E-state index in [1.54, 1.807) is 33.8 Å². The predicted octanol–water partition coefficient (Wildman–Crippen LogP) is 4.67. The maximum Gasteiger partial charge on any atom is 0.325 e. The van der Waals surface area contributed by atoms with Crippen molar-refractivity contribution in [2.45, 2.75) is 107 Å². The molecular formula is C36H48Cl3N5O7. The van der Waals surface area contributed by atoms with Crippen LogP contribution in [0.1, 0.15) is 90.5 Å². The number of aliphatic hydroxyl groups is 2. The third-order valence-electron chi connectivity index (χ3n) is 9.51. The second-order valence-electron chi connectivity index (χ2n) is 14.3. The van der Waals surface area contributed by atoms with Gasteiger partial charge in [0.2, 0.25) is 15.6 Å². The monoisotopic (exact) mass is 767 g/mol. The van der Waals surface area contributed by atoms with Gasteiger partial charge in [-0.05, 0) is 82.9 Å². The zero-order valence-corrected chi connectivity index (χ0v) is 31.8. The number of esters is 1. The van der Waals surface area contributed by atoms with Crippen LogP contribution >= 0.6 is 34.8 Å². The Labute approximate surface area is 313 Å². The highest BCUT2D eigenvalue weighted by Crippen LogP contribution is 2.43. The summed E-state index contributed by atoms with van der Waals surface area (Å²) in [6.45, 7) is 8.39. The highest BCUT2D eigenvalue weighted by molar-refractivity contribution is 6.67. The first-order valence-electron chi connectivity index (χ1n) is 17.2. The van der Waals surface area contributed by atoms with E-state index in [1.807, 2.05) is 36.4 Å². The van der Waals surface area contributed by atoms with Gasteiger partial charge in [0.1, 0.15) is 24.7 Å². The molecule has 51 heavy (non-hydrogen) atoms. The first-order valence-corrected chi connectivity index (χ1v) is 18.4. The smallest absolute Gasteiger partial charge is 0.325 e. The zero-order chi connectivity index (χ0) is 37.7. The van der Waals surface area contributed by atoms with Gasteiger partial charge in [0.15, 0.2) is 0 Å². The van der Waals surface area contributed by atoms with Gasteiger partial charge in [-0.2, -0.15) is 0 Å². The molecular weight excluding hydrogens is 721 g/mol. The van der Waals surface area contributed by atoms with Gasteiger partial charge in [-0.15, -0.1) is 0 Å². The molecule has 2 fully saturated rings. The van der Waals surface area contributed by atoms with Crippen molar-refractivity contribution in [3.63, 3.8) is 0 Å². The zero-order valence-electron chi connectivity index (χ0n) is 29.5. The Hall–Kier alpha value is -3.00. The Balaban J connectivity index is 1.46. The van der Waals surface area contributed by atoms with Crippen molar-refractivity contribution in [3.8, 4) is 0 Å². The van der Waals surface area contributed by atoms with E-state index in [9.17, 15) is 29.4 Å². The van der Waals surface area contributed by atoms with Crippen LogP contribution in [0.15, 0.2) is 36.4 Å². The highest BCUT2D eigenvalue weighted by atomic mass is 35.6. The standard InChI is InChI=1S/C36H48Cl3N5O7/c1-21(2)29(30(46)40-22(3)31(47)44-18-6-7-27(43-44)32(48)51-20-36(37,38)39)42-33(49)35(16-14-34(5,50)15-17-35)13-12-24-8-9-25-10-11-26(23(4)45)41-28(25)19-24/h8-13,19,21-23,27,29,43,45,50H,6-7,14-18,20H2,1-5H3,(H,40,46)(H,42,49)/b13-12+/t22-,23+,27-,29-,34?,35?/m0/s1. The fourth-order valence-electron chi connectivity index (χ4n) is 6.23. The van der Waals surface area contributed by atoms with Crippen LogP contribution in [-0.4, -0.2) is 84.6 Å². The molecule has 5 N–H and O–H groups in total. The topological polar surface area (TPSA) is 170 Å². The number of rotatable bonds is 11. The van der Waals surface area contributed by atoms with Gasteiger partial charge in [0.25, 0.3) is 5.91 Å². The Morgan fingerprint density at radius 3 is 2.37 bits per heavy atom. The first-order chi connectivity index (χ1) is 23.8. The van der Waals surface area contributed by atoms with Crippen molar-refractivity contribution in [1.82, 2.24) is 26.1 Å². The third kappa shape index (κ3) is 11.0. The van der Waals surface area contributed by atoms with E-state index in [0.29, 0.717) is 56.3 Å². The van der Waals surface area contributed by atoms with E-state index >= 15 is 0 Å². The maximum absolute atomic E-state index is 14.2. The molecule has 0 bridgehead atoms. The second-order valence-corrected chi connectivity index (χ2v) is 16.8. The summed E-state index contributed by atoms with van der Waals surface area (Å²) in [6.07, 6.45) is 5.36. The summed E-state index contributed by atoms with van der Waals surface area (Å²) >= 11 is 17.0. The van der Waals surface area contributed by atoms with Gasteiger partial charge in [-0.25, -0.2) is 5.43 Å². The molecule has 15 heteroatoms. The summed E-state index contributed by atoms with van der Waals surface area (Å²) in [5.74, 6) is -2.37. The first kappa shape index (κ1) is 40.8. The molecule has 1 saturated heterocycles. The molecule has 2 heterocycles. The molecule has 4 atom stereocenters. The van der Waals surface area contributed by atoms with E-state index in [-0.39, 0.29) is 11.8 Å².